The molecule has 0 spiro atoms. The molecule has 0 aliphatic carbocycles. The molecule has 0 amide bonds. The molecule has 102 valence electrons. The first-order chi connectivity index (χ1) is 8.62. The van der Waals surface area contributed by atoms with E-state index in [9.17, 15) is 0 Å². The smallest absolute Gasteiger partial charge is 0.0595 e. The highest BCUT2D eigenvalue weighted by Crippen LogP contribution is 2.25. The summed E-state index contributed by atoms with van der Waals surface area (Å²) in [5.41, 5.74) is 6.81. The van der Waals surface area contributed by atoms with Gasteiger partial charge in [-0.1, -0.05) is 36.2 Å². The summed E-state index contributed by atoms with van der Waals surface area (Å²) in [4.78, 5) is 0. The zero-order valence-electron chi connectivity index (χ0n) is 10.5. The highest BCUT2D eigenvalue weighted by atomic mass is 35.5. The Kier molecular flexibility index (Phi) is 6.97. The van der Waals surface area contributed by atoms with E-state index in [4.69, 9.17) is 34.0 Å². The fourth-order valence-corrected chi connectivity index (χ4v) is 2.18. The summed E-state index contributed by atoms with van der Waals surface area (Å²) in [5.74, 6) is 0. The van der Waals surface area contributed by atoms with Gasteiger partial charge in [-0.2, -0.15) is 0 Å². The Hall–Kier alpha value is -0.320. The predicted octanol–water partition coefficient (Wildman–Crippen LogP) is 2.74. The molecule has 0 aliphatic rings. The number of halogens is 2. The third kappa shape index (κ3) is 4.41. The molecular weight excluding hydrogens is 271 g/mol. The molecule has 5 heteroatoms. The van der Waals surface area contributed by atoms with Gasteiger partial charge in [-0.25, -0.2) is 0 Å². The zero-order valence-corrected chi connectivity index (χ0v) is 12.0. The van der Waals surface area contributed by atoms with Crippen LogP contribution >= 0.6 is 23.2 Å². The van der Waals surface area contributed by atoms with E-state index in [2.05, 4.69) is 12.2 Å². The van der Waals surface area contributed by atoms with E-state index >= 15 is 0 Å². The number of nitrogens with two attached hydrogens (primary N) is 1. The van der Waals surface area contributed by atoms with Crippen molar-refractivity contribution in [1.29, 1.82) is 0 Å². The maximum Gasteiger partial charge on any atom is 0.0595 e. The lowest BCUT2D eigenvalue weighted by Gasteiger charge is -2.24. The van der Waals surface area contributed by atoms with Crippen LogP contribution in [0.4, 0.5) is 0 Å². The first-order valence-corrected chi connectivity index (χ1v) is 6.89. The maximum absolute atomic E-state index is 8.99. The minimum atomic E-state index is 0.0243. The van der Waals surface area contributed by atoms with E-state index in [0.717, 1.165) is 12.0 Å². The second-order valence-electron chi connectivity index (χ2n) is 4.25. The molecule has 2 unspecified atom stereocenters. The predicted molar refractivity (Wildman–Crippen MR) is 77.2 cm³/mol. The largest absolute Gasteiger partial charge is 0.396 e. The Balaban J connectivity index is 2.78. The summed E-state index contributed by atoms with van der Waals surface area (Å²) in [7, 11) is 0. The molecule has 0 aliphatic heterocycles. The van der Waals surface area contributed by atoms with Crippen molar-refractivity contribution >= 4 is 23.2 Å². The van der Waals surface area contributed by atoms with Crippen LogP contribution in [-0.4, -0.2) is 24.3 Å². The summed E-state index contributed by atoms with van der Waals surface area (Å²) in [6, 6.07) is 5.80. The molecule has 0 saturated carbocycles. The van der Waals surface area contributed by atoms with E-state index < -0.39 is 0 Å². The maximum atomic E-state index is 8.99. The number of benzene rings is 1. The molecule has 0 radical (unpaired) electrons. The number of hydrogen-bond acceptors (Lipinski definition) is 3. The van der Waals surface area contributed by atoms with Gasteiger partial charge in [-0.15, -0.1) is 0 Å². The molecule has 1 aromatic carbocycles. The van der Waals surface area contributed by atoms with Crippen molar-refractivity contribution in [2.45, 2.75) is 31.8 Å². The van der Waals surface area contributed by atoms with Crippen LogP contribution < -0.4 is 11.1 Å². The van der Waals surface area contributed by atoms with Gasteiger partial charge in [0.15, 0.2) is 0 Å². The summed E-state index contributed by atoms with van der Waals surface area (Å²) in [5, 5.41) is 13.5. The summed E-state index contributed by atoms with van der Waals surface area (Å²) < 4.78 is 0. The number of aliphatic hydroxyl groups is 1. The van der Waals surface area contributed by atoms with Crippen LogP contribution in [0.15, 0.2) is 18.2 Å². The van der Waals surface area contributed by atoms with Gasteiger partial charge in [0, 0.05) is 25.2 Å². The Labute approximate surface area is 118 Å². The molecule has 0 heterocycles. The van der Waals surface area contributed by atoms with E-state index in [1.807, 2.05) is 12.1 Å². The second kappa shape index (κ2) is 7.97. The SMILES string of the molecule is CCC(CCO)NC(CN)c1ccc(Cl)c(Cl)c1. The summed E-state index contributed by atoms with van der Waals surface area (Å²) in [6.07, 6.45) is 1.66. The van der Waals surface area contributed by atoms with Gasteiger partial charge in [0.25, 0.3) is 0 Å². The minimum Gasteiger partial charge on any atom is -0.396 e. The molecule has 0 aromatic heterocycles. The van der Waals surface area contributed by atoms with Crippen LogP contribution in [-0.2, 0) is 0 Å². The Morgan fingerprint density at radius 1 is 1.33 bits per heavy atom. The lowest BCUT2D eigenvalue weighted by molar-refractivity contribution is 0.256. The van der Waals surface area contributed by atoms with Crippen LogP contribution in [0.25, 0.3) is 0 Å². The lowest BCUT2D eigenvalue weighted by atomic mass is 10.0. The molecule has 1 aromatic rings. The molecule has 2 atom stereocenters. The van der Waals surface area contributed by atoms with Crippen LogP contribution in [0, 0.1) is 0 Å². The highest BCUT2D eigenvalue weighted by Gasteiger charge is 2.15. The number of hydrogen-bond donors (Lipinski definition) is 3. The Morgan fingerprint density at radius 3 is 2.56 bits per heavy atom. The third-order valence-corrected chi connectivity index (χ3v) is 3.73. The molecule has 0 bridgehead atoms. The molecule has 0 saturated heterocycles. The van der Waals surface area contributed by atoms with Crippen molar-refractivity contribution < 1.29 is 5.11 Å². The molecule has 4 N–H and O–H groups in total. The van der Waals surface area contributed by atoms with Crippen LogP contribution in [0.1, 0.15) is 31.4 Å². The van der Waals surface area contributed by atoms with Crippen molar-refractivity contribution in [3.05, 3.63) is 33.8 Å². The standard InChI is InChI=1S/C13H20Cl2N2O/c1-2-10(5-6-18)17-13(8-16)9-3-4-11(14)12(15)7-9/h3-4,7,10,13,17-18H,2,5-6,8,16H2,1H3. The van der Waals surface area contributed by atoms with Crippen molar-refractivity contribution in [3.8, 4) is 0 Å². The minimum absolute atomic E-state index is 0.0243. The first kappa shape index (κ1) is 15.7. The quantitative estimate of drug-likeness (QED) is 0.724. The van der Waals surface area contributed by atoms with Gasteiger partial charge < -0.3 is 16.2 Å². The van der Waals surface area contributed by atoms with Gasteiger partial charge in [0.2, 0.25) is 0 Å². The third-order valence-electron chi connectivity index (χ3n) is 2.99. The Morgan fingerprint density at radius 2 is 2.06 bits per heavy atom. The van der Waals surface area contributed by atoms with Crippen LogP contribution in [0.5, 0.6) is 0 Å². The van der Waals surface area contributed by atoms with Crippen LogP contribution in [0.2, 0.25) is 10.0 Å². The van der Waals surface area contributed by atoms with E-state index in [0.29, 0.717) is 23.0 Å². The molecule has 0 fully saturated rings. The molecular formula is C13H20Cl2N2O. The van der Waals surface area contributed by atoms with Gasteiger partial charge in [0.1, 0.15) is 0 Å². The van der Waals surface area contributed by atoms with Gasteiger partial charge in [-0.05, 0) is 30.5 Å². The molecule has 18 heavy (non-hydrogen) atoms. The average molecular weight is 291 g/mol. The first-order valence-electron chi connectivity index (χ1n) is 6.14. The summed E-state index contributed by atoms with van der Waals surface area (Å²) >= 11 is 11.9. The van der Waals surface area contributed by atoms with Crippen molar-refractivity contribution in [1.82, 2.24) is 5.32 Å². The topological polar surface area (TPSA) is 58.3 Å². The number of aliphatic hydroxyl groups excluding tert-OH is 1. The monoisotopic (exact) mass is 290 g/mol. The second-order valence-corrected chi connectivity index (χ2v) is 5.06. The normalized spacial score (nSPS) is 14.5. The van der Waals surface area contributed by atoms with E-state index in [-0.39, 0.29) is 18.7 Å². The average Bonchev–Trinajstić information content (AvgIpc) is 2.38. The zero-order chi connectivity index (χ0) is 13.5. The van der Waals surface area contributed by atoms with Gasteiger partial charge in [0.05, 0.1) is 10.0 Å². The molecule has 3 nitrogen and oxygen atoms in total. The van der Waals surface area contributed by atoms with Crippen LogP contribution in [0.3, 0.4) is 0 Å². The van der Waals surface area contributed by atoms with Crippen molar-refractivity contribution in [2.24, 2.45) is 5.73 Å². The van der Waals surface area contributed by atoms with Gasteiger partial charge in [-0.3, -0.25) is 0 Å². The van der Waals surface area contributed by atoms with E-state index in [1.54, 1.807) is 6.07 Å². The lowest BCUT2D eigenvalue weighted by Crippen LogP contribution is -2.37. The van der Waals surface area contributed by atoms with E-state index in [1.165, 1.54) is 0 Å². The summed E-state index contributed by atoms with van der Waals surface area (Å²) in [6.45, 7) is 2.72. The number of nitrogens with one attached hydrogen (secondary N) is 1. The Bertz CT molecular complexity index is 374. The number of rotatable bonds is 7. The van der Waals surface area contributed by atoms with Gasteiger partial charge >= 0.3 is 0 Å². The fourth-order valence-electron chi connectivity index (χ4n) is 1.88. The highest BCUT2D eigenvalue weighted by molar-refractivity contribution is 6.42. The van der Waals surface area contributed by atoms with Crippen molar-refractivity contribution in [2.75, 3.05) is 13.2 Å². The fraction of sp³-hybridized carbons (Fsp3) is 0.538. The van der Waals surface area contributed by atoms with Crippen molar-refractivity contribution in [3.63, 3.8) is 0 Å². The molecule has 1 rings (SSSR count).